The molecule has 0 rings (SSSR count). The zero-order valence-corrected chi connectivity index (χ0v) is 16.4. The highest BCUT2D eigenvalue weighted by atomic mass is 17.0. The van der Waals surface area contributed by atoms with Gasteiger partial charge in [-0.1, -0.05) is 0 Å². The summed E-state index contributed by atoms with van der Waals surface area (Å²) < 4.78 is 28.0. The average Bonchev–Trinajstić information content (AvgIpc) is 2.69. The van der Waals surface area contributed by atoms with Crippen LogP contribution in [0.4, 0.5) is 4.79 Å². The molecule has 0 heterocycles. The minimum Gasteiger partial charge on any atom is -0.495 e. The lowest BCUT2D eigenvalue weighted by atomic mass is 10.4. The number of hydrogen-bond acceptors (Lipinski definition) is 13. The highest BCUT2D eigenvalue weighted by Gasteiger charge is 2.07. The molecular formula is C15H26N2O12. The fourth-order valence-corrected chi connectivity index (χ4v) is 1.28. The Morgan fingerprint density at radius 2 is 1.79 bits per heavy atom. The van der Waals surface area contributed by atoms with E-state index >= 15 is 0 Å². The smallest absolute Gasteiger partial charge is 0.495 e. The topological polar surface area (TPSA) is 185 Å². The lowest BCUT2D eigenvalue weighted by Gasteiger charge is -2.07. The highest BCUT2D eigenvalue weighted by molar-refractivity contribution is 5.62. The summed E-state index contributed by atoms with van der Waals surface area (Å²) in [6.45, 7) is 1.76. The largest absolute Gasteiger partial charge is 0.508 e. The summed E-state index contributed by atoms with van der Waals surface area (Å²) in [7, 11) is 3.03. The number of nitrogens with two attached hydrogens (primary N) is 1. The summed E-state index contributed by atoms with van der Waals surface area (Å²) in [5, 5.41) is 8.80. The minimum absolute atomic E-state index is 0.00456. The summed E-state index contributed by atoms with van der Waals surface area (Å²) in [4.78, 5) is 44.5. The van der Waals surface area contributed by atoms with Crippen molar-refractivity contribution in [2.75, 3.05) is 53.9 Å². The van der Waals surface area contributed by atoms with Crippen LogP contribution in [0, 0.1) is 10.1 Å². The van der Waals surface area contributed by atoms with Gasteiger partial charge in [0.1, 0.15) is 38.5 Å². The zero-order chi connectivity index (χ0) is 22.5. The fourth-order valence-electron chi connectivity index (χ4n) is 1.28. The molecule has 0 amide bonds. The zero-order valence-electron chi connectivity index (χ0n) is 16.4. The van der Waals surface area contributed by atoms with Crippen LogP contribution < -0.4 is 5.73 Å². The molecule has 1 atom stereocenters. The van der Waals surface area contributed by atoms with Gasteiger partial charge in [0.2, 0.25) is 0 Å². The maximum Gasteiger partial charge on any atom is 0.508 e. The van der Waals surface area contributed by atoms with E-state index in [9.17, 15) is 24.5 Å². The summed E-state index contributed by atoms with van der Waals surface area (Å²) >= 11 is 0. The second-order valence-corrected chi connectivity index (χ2v) is 4.71. The van der Waals surface area contributed by atoms with Gasteiger partial charge in [0.25, 0.3) is 11.6 Å². The van der Waals surface area contributed by atoms with E-state index in [1.165, 1.54) is 14.2 Å². The van der Waals surface area contributed by atoms with Crippen molar-refractivity contribution < 1.29 is 52.7 Å². The van der Waals surface area contributed by atoms with Gasteiger partial charge in [0.15, 0.2) is 5.76 Å². The van der Waals surface area contributed by atoms with E-state index in [1.807, 2.05) is 0 Å². The van der Waals surface area contributed by atoms with Crippen molar-refractivity contribution in [1.29, 1.82) is 0 Å². The van der Waals surface area contributed by atoms with E-state index in [2.05, 4.69) is 19.0 Å². The number of carbonyl (C=O) groups is 3. The highest BCUT2D eigenvalue weighted by Crippen LogP contribution is 2.05. The Hall–Kier alpha value is -2.97. The van der Waals surface area contributed by atoms with Crippen LogP contribution >= 0.6 is 0 Å². The quantitative estimate of drug-likeness (QED) is 0.0889. The number of nitrogens with zero attached hydrogens (tertiary/aromatic N) is 1. The van der Waals surface area contributed by atoms with Crippen LogP contribution in [0.5, 0.6) is 0 Å². The number of carbonyl (C=O) groups excluding carboxylic acids is 3. The lowest BCUT2D eigenvalue weighted by molar-refractivity contribution is -0.758. The van der Waals surface area contributed by atoms with Crippen LogP contribution in [0.2, 0.25) is 0 Å². The third-order valence-electron chi connectivity index (χ3n) is 2.58. The van der Waals surface area contributed by atoms with Gasteiger partial charge in [0.05, 0.1) is 26.4 Å². The van der Waals surface area contributed by atoms with Crippen molar-refractivity contribution in [2.24, 2.45) is 5.73 Å². The van der Waals surface area contributed by atoms with Gasteiger partial charge in [-0.2, -0.15) is 0 Å². The first-order chi connectivity index (χ1) is 13.8. The van der Waals surface area contributed by atoms with E-state index in [0.29, 0.717) is 30.9 Å². The Balaban J connectivity index is 0. The van der Waals surface area contributed by atoms with Gasteiger partial charge in [-0.05, 0) is 6.92 Å². The molecule has 0 aliphatic rings. The molecule has 0 fully saturated rings. The predicted octanol–water partition coefficient (Wildman–Crippen LogP) is -0.426. The predicted molar refractivity (Wildman–Crippen MR) is 93.8 cm³/mol. The number of methoxy groups -OCH3 is 2. The Labute approximate surface area is 166 Å². The van der Waals surface area contributed by atoms with Crippen LogP contribution in [0.25, 0.3) is 0 Å². The average molecular weight is 426 g/mol. The third kappa shape index (κ3) is 19.6. The normalized spacial score (nSPS) is 11.6. The summed E-state index contributed by atoms with van der Waals surface area (Å²) in [5.41, 5.74) is 5.16. The molecule has 0 aliphatic heterocycles. The molecule has 0 spiro atoms. The minimum atomic E-state index is -0.975. The SMILES string of the molecule is COC/C(OC)=C(\C)OC=O.NC(C=O)COC(=O)OCCOCCO[N+](=O)[O-]. The number of aldehydes is 1. The Morgan fingerprint density at radius 1 is 1.14 bits per heavy atom. The van der Waals surface area contributed by atoms with Gasteiger partial charge in [0, 0.05) is 7.11 Å². The second kappa shape index (κ2) is 19.8. The maximum atomic E-state index is 10.9. The summed E-state index contributed by atoms with van der Waals surface area (Å²) in [5.74, 6) is 0.934. The molecule has 0 saturated carbocycles. The van der Waals surface area contributed by atoms with Gasteiger partial charge in [-0.15, -0.1) is 10.1 Å². The molecule has 29 heavy (non-hydrogen) atoms. The molecule has 14 nitrogen and oxygen atoms in total. The standard InChI is InChI=1S/C8H14N2O8.C7H12O4/c9-7(5-11)6-17-8(12)16-3-1-15-2-4-18-10(13)14;1-6(11-5-8)7(10-3)4-9-2/h5,7H,1-4,6,9H2;5H,4H2,1-3H3/b;7-6-. The third-order valence-corrected chi connectivity index (χ3v) is 2.58. The van der Waals surface area contributed by atoms with Crippen molar-refractivity contribution in [1.82, 2.24) is 0 Å². The van der Waals surface area contributed by atoms with E-state index in [4.69, 9.17) is 19.9 Å². The molecular weight excluding hydrogens is 400 g/mol. The number of allylic oxidation sites excluding steroid dienone is 1. The fraction of sp³-hybridized carbons (Fsp3) is 0.667. The van der Waals surface area contributed by atoms with Crippen LogP contribution in [-0.4, -0.2) is 83.9 Å². The van der Waals surface area contributed by atoms with Crippen molar-refractivity contribution in [3.05, 3.63) is 21.6 Å². The second-order valence-electron chi connectivity index (χ2n) is 4.71. The van der Waals surface area contributed by atoms with Crippen LogP contribution in [0.3, 0.4) is 0 Å². The van der Waals surface area contributed by atoms with Gasteiger partial charge < -0.3 is 43.8 Å². The molecule has 1 unspecified atom stereocenters. The molecule has 14 heteroatoms. The van der Waals surface area contributed by atoms with Crippen LogP contribution in [-0.2, 0) is 42.8 Å². The first-order valence-corrected chi connectivity index (χ1v) is 8.00. The molecule has 0 bridgehead atoms. The number of rotatable bonds is 15. The molecule has 0 radical (unpaired) electrons. The van der Waals surface area contributed by atoms with Crippen molar-refractivity contribution in [3.63, 3.8) is 0 Å². The molecule has 0 aromatic rings. The van der Waals surface area contributed by atoms with Crippen molar-refractivity contribution in [3.8, 4) is 0 Å². The molecule has 2 N–H and O–H groups in total. The first kappa shape index (κ1) is 28.2. The van der Waals surface area contributed by atoms with Gasteiger partial charge in [-0.25, -0.2) is 4.79 Å². The van der Waals surface area contributed by atoms with Crippen molar-refractivity contribution >= 4 is 18.9 Å². The van der Waals surface area contributed by atoms with Gasteiger partial charge in [-0.3, -0.25) is 4.79 Å². The van der Waals surface area contributed by atoms with Gasteiger partial charge >= 0.3 is 6.16 Å². The molecule has 0 aromatic carbocycles. The Bertz CT molecular complexity index is 512. The van der Waals surface area contributed by atoms with Crippen LogP contribution in [0.1, 0.15) is 6.92 Å². The summed E-state index contributed by atoms with van der Waals surface area (Å²) in [6.07, 6.45) is -0.538. The van der Waals surface area contributed by atoms with Crippen molar-refractivity contribution in [2.45, 2.75) is 13.0 Å². The monoisotopic (exact) mass is 426 g/mol. The molecule has 168 valence electrons. The first-order valence-electron chi connectivity index (χ1n) is 8.00. The van der Waals surface area contributed by atoms with E-state index in [0.717, 1.165) is 0 Å². The molecule has 0 aliphatic carbocycles. The van der Waals surface area contributed by atoms with E-state index < -0.39 is 17.3 Å². The Morgan fingerprint density at radius 3 is 2.31 bits per heavy atom. The number of hydrogen-bond donors (Lipinski definition) is 1. The molecule has 0 saturated heterocycles. The van der Waals surface area contributed by atoms with E-state index in [1.54, 1.807) is 6.92 Å². The summed E-state index contributed by atoms with van der Waals surface area (Å²) in [6, 6.07) is -0.881. The number of ether oxygens (including phenoxy) is 6. The Kier molecular flexibility index (Phi) is 19.3. The van der Waals surface area contributed by atoms with Crippen LogP contribution in [0.15, 0.2) is 11.5 Å². The molecule has 0 aromatic heterocycles. The lowest BCUT2D eigenvalue weighted by Crippen LogP contribution is -2.29. The maximum absolute atomic E-state index is 10.9. The van der Waals surface area contributed by atoms with E-state index in [-0.39, 0.29) is 33.0 Å².